The molecule has 0 aliphatic carbocycles. The van der Waals surface area contributed by atoms with E-state index in [0.717, 1.165) is 34.2 Å². The Morgan fingerprint density at radius 3 is 2.48 bits per heavy atom. The number of pyridine rings is 2. The molecule has 0 saturated heterocycles. The van der Waals surface area contributed by atoms with Gasteiger partial charge >= 0.3 is 0 Å². The minimum Gasteiger partial charge on any atom is -0.339 e. The summed E-state index contributed by atoms with van der Waals surface area (Å²) < 4.78 is 0. The van der Waals surface area contributed by atoms with Crippen molar-refractivity contribution < 1.29 is 14.4 Å². The number of fused-ring (bicyclic) bond motifs is 1. The first-order chi connectivity index (χ1) is 20.2. The number of carbonyl (C=O) groups excluding carboxylic acids is 3. The molecule has 0 radical (unpaired) electrons. The largest absolute Gasteiger partial charge is 0.339 e. The molecular formula is C32H33N7O3. The van der Waals surface area contributed by atoms with E-state index < -0.39 is 6.04 Å². The van der Waals surface area contributed by atoms with Crippen LogP contribution < -0.4 is 5.32 Å². The van der Waals surface area contributed by atoms with Gasteiger partial charge in [0.2, 0.25) is 11.8 Å². The van der Waals surface area contributed by atoms with Crippen LogP contribution in [0.5, 0.6) is 0 Å². The fraction of sp³-hybridized carbons (Fsp3) is 0.281. The van der Waals surface area contributed by atoms with Gasteiger partial charge in [-0.3, -0.25) is 19.4 Å². The molecule has 5 rings (SSSR count). The zero-order valence-corrected chi connectivity index (χ0v) is 24.2. The fourth-order valence-electron chi connectivity index (χ4n) is 5.02. The lowest BCUT2D eigenvalue weighted by Gasteiger charge is -2.28. The molecule has 4 heterocycles. The lowest BCUT2D eigenvalue weighted by molar-refractivity contribution is -0.128. The predicted molar refractivity (Wildman–Crippen MR) is 160 cm³/mol. The molecule has 3 amide bonds. The maximum Gasteiger partial charge on any atom is 0.254 e. The van der Waals surface area contributed by atoms with E-state index in [4.69, 9.17) is 4.98 Å². The summed E-state index contributed by atoms with van der Waals surface area (Å²) in [5, 5.41) is 3.54. The third-order valence-electron chi connectivity index (χ3n) is 7.42. The third-order valence-corrected chi connectivity index (χ3v) is 7.42. The van der Waals surface area contributed by atoms with E-state index in [1.165, 1.54) is 6.92 Å². The van der Waals surface area contributed by atoms with Crippen LogP contribution >= 0.6 is 0 Å². The second-order valence-electron chi connectivity index (χ2n) is 10.4. The van der Waals surface area contributed by atoms with Crippen LogP contribution in [0.25, 0.3) is 16.5 Å². The highest BCUT2D eigenvalue weighted by Crippen LogP contribution is 2.27. The Balaban J connectivity index is 1.42. The highest BCUT2D eigenvalue weighted by molar-refractivity contribution is 5.99. The van der Waals surface area contributed by atoms with Crippen LogP contribution in [0.3, 0.4) is 0 Å². The van der Waals surface area contributed by atoms with Crippen molar-refractivity contribution in [2.75, 3.05) is 18.4 Å². The first-order valence-electron chi connectivity index (χ1n) is 13.9. The van der Waals surface area contributed by atoms with Crippen molar-refractivity contribution >= 4 is 40.0 Å². The summed E-state index contributed by atoms with van der Waals surface area (Å²) in [7, 11) is 0. The van der Waals surface area contributed by atoms with Crippen molar-refractivity contribution in [1.29, 1.82) is 0 Å². The molecule has 0 bridgehead atoms. The number of nitrogens with zero attached hydrogens (tertiary/aromatic N) is 6. The molecule has 4 aromatic rings. The highest BCUT2D eigenvalue weighted by Gasteiger charge is 2.26. The predicted octanol–water partition coefficient (Wildman–Crippen LogP) is 4.73. The molecule has 0 spiro atoms. The maximum absolute atomic E-state index is 14.0. The lowest BCUT2D eigenvalue weighted by atomic mass is 10.0. The molecule has 1 atom stereocenters. The Kier molecular flexibility index (Phi) is 8.33. The molecule has 0 saturated carbocycles. The zero-order valence-electron chi connectivity index (χ0n) is 24.2. The Morgan fingerprint density at radius 2 is 1.83 bits per heavy atom. The van der Waals surface area contributed by atoms with Gasteiger partial charge in [0.05, 0.1) is 23.8 Å². The quantitative estimate of drug-likeness (QED) is 0.345. The second-order valence-corrected chi connectivity index (χ2v) is 10.4. The molecule has 1 unspecified atom stereocenters. The second kappa shape index (κ2) is 12.3. The zero-order chi connectivity index (χ0) is 29.8. The average molecular weight is 564 g/mol. The van der Waals surface area contributed by atoms with Gasteiger partial charge in [0.25, 0.3) is 5.91 Å². The van der Waals surface area contributed by atoms with E-state index in [-0.39, 0.29) is 24.3 Å². The Bertz CT molecular complexity index is 1670. The molecule has 1 N–H and O–H groups in total. The smallest absolute Gasteiger partial charge is 0.254 e. The number of amides is 3. The molecule has 3 aromatic heterocycles. The van der Waals surface area contributed by atoms with Gasteiger partial charge in [0.15, 0.2) is 0 Å². The first kappa shape index (κ1) is 28.5. The lowest BCUT2D eigenvalue weighted by Crippen LogP contribution is -2.34. The molecule has 10 heteroatoms. The van der Waals surface area contributed by atoms with Gasteiger partial charge in [-0.2, -0.15) is 0 Å². The van der Waals surface area contributed by atoms with Crippen molar-refractivity contribution in [2.24, 2.45) is 0 Å². The van der Waals surface area contributed by atoms with E-state index in [9.17, 15) is 14.4 Å². The van der Waals surface area contributed by atoms with Crippen molar-refractivity contribution in [2.45, 2.75) is 46.7 Å². The summed E-state index contributed by atoms with van der Waals surface area (Å²) in [5.41, 5.74) is 4.87. The first-order valence-corrected chi connectivity index (χ1v) is 13.9. The molecular weight excluding hydrogens is 530 g/mol. The minimum absolute atomic E-state index is 0.0765. The van der Waals surface area contributed by atoms with E-state index in [1.54, 1.807) is 42.4 Å². The SMILES string of the molecule is CC(=O)Nc1nc2ccc(C(=O)N(Cc3ccc(C4=CCN(C(C)=O)CC4)cn3)C(C)c3ncccn3)cc2cc1C. The monoisotopic (exact) mass is 563 g/mol. The molecule has 214 valence electrons. The maximum atomic E-state index is 14.0. The summed E-state index contributed by atoms with van der Waals surface area (Å²) in [6.45, 7) is 8.34. The molecule has 1 aromatic carbocycles. The normalized spacial score (nSPS) is 13.8. The summed E-state index contributed by atoms with van der Waals surface area (Å²) in [6.07, 6.45) is 8.00. The van der Waals surface area contributed by atoms with Crippen LogP contribution in [0, 0.1) is 6.92 Å². The van der Waals surface area contributed by atoms with Crippen molar-refractivity contribution in [3.8, 4) is 0 Å². The number of carbonyl (C=O) groups is 3. The summed E-state index contributed by atoms with van der Waals surface area (Å²) in [5.74, 6) is 0.725. The molecule has 10 nitrogen and oxygen atoms in total. The number of hydrogen-bond donors (Lipinski definition) is 1. The van der Waals surface area contributed by atoms with Gasteiger partial charge < -0.3 is 15.1 Å². The van der Waals surface area contributed by atoms with Gasteiger partial charge in [-0.05, 0) is 73.4 Å². The van der Waals surface area contributed by atoms with E-state index >= 15 is 0 Å². The van der Waals surface area contributed by atoms with Gasteiger partial charge in [0.1, 0.15) is 11.6 Å². The summed E-state index contributed by atoms with van der Waals surface area (Å²) >= 11 is 0. The number of aromatic nitrogens is 4. The number of anilines is 1. The molecule has 0 fully saturated rings. The van der Waals surface area contributed by atoms with Gasteiger partial charge in [-0.15, -0.1) is 0 Å². The van der Waals surface area contributed by atoms with Crippen molar-refractivity contribution in [1.82, 2.24) is 29.7 Å². The van der Waals surface area contributed by atoms with Crippen LogP contribution in [0.1, 0.15) is 66.2 Å². The summed E-state index contributed by atoms with van der Waals surface area (Å²) in [4.78, 5) is 58.8. The van der Waals surface area contributed by atoms with E-state index in [0.29, 0.717) is 35.8 Å². The molecule has 1 aliphatic heterocycles. The van der Waals surface area contributed by atoms with Gasteiger partial charge in [0, 0.05) is 56.5 Å². The number of aryl methyl sites for hydroxylation is 1. The number of nitrogens with one attached hydrogen (secondary N) is 1. The summed E-state index contributed by atoms with van der Waals surface area (Å²) in [6, 6.07) is 12.5. The number of rotatable bonds is 7. The standard InChI is InChI=1S/C32H33N7O3/c1-20-16-27-17-25(7-9-29(27)37-30(20)36-22(3)40)32(42)39(21(2)31-33-12-5-13-34-31)19-28-8-6-26(18-35-28)24-10-14-38(15-11-24)23(4)41/h5-10,12-13,16-18,21H,11,14-15,19H2,1-4H3,(H,36,37,40). The Labute approximate surface area is 244 Å². The van der Waals surface area contributed by atoms with Crippen LogP contribution in [0.2, 0.25) is 0 Å². The third kappa shape index (κ3) is 6.33. The fourth-order valence-corrected chi connectivity index (χ4v) is 5.02. The van der Waals surface area contributed by atoms with Crippen LogP contribution in [-0.2, 0) is 16.1 Å². The van der Waals surface area contributed by atoms with Crippen molar-refractivity contribution in [3.05, 3.63) is 95.3 Å². The van der Waals surface area contributed by atoms with Gasteiger partial charge in [-0.25, -0.2) is 15.0 Å². The molecule has 42 heavy (non-hydrogen) atoms. The molecule has 1 aliphatic rings. The van der Waals surface area contributed by atoms with Crippen LogP contribution in [0.4, 0.5) is 5.82 Å². The van der Waals surface area contributed by atoms with Crippen LogP contribution in [0.15, 0.2) is 67.1 Å². The van der Waals surface area contributed by atoms with Gasteiger partial charge in [-0.1, -0.05) is 12.1 Å². The number of benzene rings is 1. The van der Waals surface area contributed by atoms with Crippen LogP contribution in [-0.4, -0.2) is 60.5 Å². The van der Waals surface area contributed by atoms with Crippen molar-refractivity contribution in [3.63, 3.8) is 0 Å². The highest BCUT2D eigenvalue weighted by atomic mass is 16.2. The minimum atomic E-state index is -0.420. The Morgan fingerprint density at radius 1 is 1.05 bits per heavy atom. The average Bonchev–Trinajstić information content (AvgIpc) is 3.00. The van der Waals surface area contributed by atoms with E-state index in [1.807, 2.05) is 49.2 Å². The Hall–Kier alpha value is -4.99. The van der Waals surface area contributed by atoms with E-state index in [2.05, 4.69) is 26.3 Å². The topological polar surface area (TPSA) is 121 Å². The number of hydrogen-bond acceptors (Lipinski definition) is 7.